The molecule has 1 aliphatic heterocycles. The molecule has 0 radical (unpaired) electrons. The van der Waals surface area contributed by atoms with Crippen LogP contribution < -0.4 is 5.32 Å². The van der Waals surface area contributed by atoms with E-state index in [1.54, 1.807) is 0 Å². The maximum Gasteiger partial charge on any atom is 0.0236 e. The lowest BCUT2D eigenvalue weighted by Gasteiger charge is -2.34. The van der Waals surface area contributed by atoms with Crippen molar-refractivity contribution in [3.8, 4) is 0 Å². The van der Waals surface area contributed by atoms with Crippen LogP contribution in [0.25, 0.3) is 0 Å². The Hall–Kier alpha value is -0.380. The second-order valence-corrected chi connectivity index (χ2v) is 7.28. The summed E-state index contributed by atoms with van der Waals surface area (Å²) in [7, 11) is 0. The van der Waals surface area contributed by atoms with Gasteiger partial charge in [0, 0.05) is 30.1 Å². The summed E-state index contributed by atoms with van der Waals surface area (Å²) in [5, 5.41) is 3.50. The first-order chi connectivity index (χ1) is 8.98. The average Bonchev–Trinajstić information content (AvgIpc) is 2.78. The molecule has 2 rings (SSSR count). The van der Waals surface area contributed by atoms with Crippen molar-refractivity contribution in [3.63, 3.8) is 0 Å². The smallest absolute Gasteiger partial charge is 0.0236 e. The van der Waals surface area contributed by atoms with Crippen LogP contribution in [0.2, 0.25) is 0 Å². The molecule has 0 amide bonds. The highest BCUT2D eigenvalue weighted by atomic mass is 79.9. The number of nitrogens with zero attached hydrogens (tertiary/aromatic N) is 1. The number of hydrogen-bond acceptors (Lipinski definition) is 2. The normalized spacial score (nSPS) is 23.5. The van der Waals surface area contributed by atoms with Gasteiger partial charge in [-0.05, 0) is 49.9 Å². The molecule has 3 heteroatoms. The van der Waals surface area contributed by atoms with Crippen molar-refractivity contribution >= 4 is 15.9 Å². The Bertz CT molecular complexity index is 394. The summed E-state index contributed by atoms with van der Waals surface area (Å²) in [6.45, 7) is 11.5. The summed E-state index contributed by atoms with van der Waals surface area (Å²) in [4.78, 5) is 2.59. The molecule has 2 nitrogen and oxygen atoms in total. The molecule has 1 unspecified atom stereocenters. The molecular formula is C16H25BrN2. The summed E-state index contributed by atoms with van der Waals surface area (Å²) >= 11 is 3.50. The summed E-state index contributed by atoms with van der Waals surface area (Å²) in [5.74, 6) is 0. The molecule has 1 saturated heterocycles. The van der Waals surface area contributed by atoms with Crippen LogP contribution in [0.15, 0.2) is 28.7 Å². The van der Waals surface area contributed by atoms with Crippen molar-refractivity contribution in [2.24, 2.45) is 5.41 Å². The third-order valence-corrected chi connectivity index (χ3v) is 4.60. The quantitative estimate of drug-likeness (QED) is 0.889. The number of nitrogens with one attached hydrogen (secondary N) is 1. The van der Waals surface area contributed by atoms with Gasteiger partial charge in [-0.25, -0.2) is 0 Å². The number of hydrogen-bond donors (Lipinski definition) is 1. The number of rotatable bonds is 5. The largest absolute Gasteiger partial charge is 0.316 e. The molecule has 0 aliphatic carbocycles. The third-order valence-electron chi connectivity index (χ3n) is 4.07. The van der Waals surface area contributed by atoms with Crippen molar-refractivity contribution in [2.75, 3.05) is 19.6 Å². The Morgan fingerprint density at radius 2 is 2.00 bits per heavy atom. The number of halogens is 1. The zero-order chi connectivity index (χ0) is 13.9. The van der Waals surface area contributed by atoms with E-state index in [9.17, 15) is 0 Å². The fourth-order valence-electron chi connectivity index (χ4n) is 2.74. The van der Waals surface area contributed by atoms with E-state index in [4.69, 9.17) is 0 Å². The van der Waals surface area contributed by atoms with Gasteiger partial charge in [0.25, 0.3) is 0 Å². The first-order valence-electron chi connectivity index (χ1n) is 7.18. The lowest BCUT2D eigenvalue weighted by atomic mass is 9.88. The highest BCUT2D eigenvalue weighted by molar-refractivity contribution is 9.10. The van der Waals surface area contributed by atoms with Crippen molar-refractivity contribution in [1.29, 1.82) is 0 Å². The molecule has 0 spiro atoms. The third kappa shape index (κ3) is 4.30. The SMILES string of the molecule is CC(C)N(Cc1ccc(Br)cc1)CC1(C)CCNC1. The predicted octanol–water partition coefficient (Wildman–Crippen LogP) is 3.66. The lowest BCUT2D eigenvalue weighted by Crippen LogP contribution is -2.40. The second kappa shape index (κ2) is 6.38. The molecule has 1 heterocycles. The van der Waals surface area contributed by atoms with Gasteiger partial charge >= 0.3 is 0 Å². The molecule has 0 saturated carbocycles. The molecule has 0 aromatic heterocycles. The van der Waals surface area contributed by atoms with Crippen molar-refractivity contribution in [1.82, 2.24) is 10.2 Å². The Morgan fingerprint density at radius 1 is 1.32 bits per heavy atom. The van der Waals surface area contributed by atoms with Crippen LogP contribution in [0.1, 0.15) is 32.8 Å². The number of benzene rings is 1. The van der Waals surface area contributed by atoms with Gasteiger partial charge in [0.2, 0.25) is 0 Å². The minimum absolute atomic E-state index is 0.430. The Labute approximate surface area is 125 Å². The predicted molar refractivity (Wildman–Crippen MR) is 85.3 cm³/mol. The second-order valence-electron chi connectivity index (χ2n) is 6.36. The van der Waals surface area contributed by atoms with E-state index in [2.05, 4.69) is 71.2 Å². The van der Waals surface area contributed by atoms with Crippen LogP contribution >= 0.6 is 15.9 Å². The Balaban J connectivity index is 2.01. The molecule has 1 aromatic rings. The molecule has 1 aromatic carbocycles. The van der Waals surface area contributed by atoms with E-state index >= 15 is 0 Å². The fraction of sp³-hybridized carbons (Fsp3) is 0.625. The summed E-state index contributed by atoms with van der Waals surface area (Å²) in [6, 6.07) is 9.28. The van der Waals surface area contributed by atoms with Crippen molar-refractivity contribution in [2.45, 2.75) is 39.8 Å². The minimum Gasteiger partial charge on any atom is -0.316 e. The zero-order valence-corrected chi connectivity index (χ0v) is 13.8. The Morgan fingerprint density at radius 3 is 2.53 bits per heavy atom. The van der Waals surface area contributed by atoms with Gasteiger partial charge in [0.05, 0.1) is 0 Å². The van der Waals surface area contributed by atoms with Crippen LogP contribution in [0.3, 0.4) is 0 Å². The van der Waals surface area contributed by atoms with Gasteiger partial charge < -0.3 is 5.32 Å². The van der Waals surface area contributed by atoms with Gasteiger partial charge in [-0.3, -0.25) is 4.90 Å². The summed E-state index contributed by atoms with van der Waals surface area (Å²) in [5.41, 5.74) is 1.83. The van der Waals surface area contributed by atoms with Gasteiger partial charge in [-0.15, -0.1) is 0 Å². The van der Waals surface area contributed by atoms with E-state index in [-0.39, 0.29) is 0 Å². The van der Waals surface area contributed by atoms with Crippen molar-refractivity contribution in [3.05, 3.63) is 34.3 Å². The molecule has 0 bridgehead atoms. The van der Waals surface area contributed by atoms with Crippen LogP contribution in [-0.2, 0) is 6.54 Å². The van der Waals surface area contributed by atoms with E-state index in [1.807, 2.05) is 0 Å². The first kappa shape index (κ1) is 15.0. The summed E-state index contributed by atoms with van der Waals surface area (Å²) in [6.07, 6.45) is 1.29. The maximum atomic E-state index is 3.50. The molecule has 106 valence electrons. The van der Waals surface area contributed by atoms with Crippen LogP contribution in [0.4, 0.5) is 0 Å². The van der Waals surface area contributed by atoms with Gasteiger partial charge in [0.1, 0.15) is 0 Å². The van der Waals surface area contributed by atoms with E-state index in [0.29, 0.717) is 11.5 Å². The van der Waals surface area contributed by atoms with Crippen LogP contribution in [-0.4, -0.2) is 30.6 Å². The molecule has 1 atom stereocenters. The molecular weight excluding hydrogens is 300 g/mol. The lowest BCUT2D eigenvalue weighted by molar-refractivity contribution is 0.137. The molecule has 1 aliphatic rings. The topological polar surface area (TPSA) is 15.3 Å². The molecule has 1 fully saturated rings. The highest BCUT2D eigenvalue weighted by Gasteiger charge is 2.31. The van der Waals surface area contributed by atoms with Gasteiger partial charge in [-0.2, -0.15) is 0 Å². The van der Waals surface area contributed by atoms with Crippen molar-refractivity contribution < 1.29 is 0 Å². The van der Waals surface area contributed by atoms with E-state index < -0.39 is 0 Å². The average molecular weight is 325 g/mol. The molecule has 19 heavy (non-hydrogen) atoms. The fourth-order valence-corrected chi connectivity index (χ4v) is 3.00. The van der Waals surface area contributed by atoms with Crippen LogP contribution in [0.5, 0.6) is 0 Å². The van der Waals surface area contributed by atoms with E-state index in [1.165, 1.54) is 25.1 Å². The maximum absolute atomic E-state index is 3.50. The first-order valence-corrected chi connectivity index (χ1v) is 7.97. The standard InChI is InChI=1S/C16H25BrN2/c1-13(2)19(12-16(3)8-9-18-11-16)10-14-4-6-15(17)7-5-14/h4-7,13,18H,8-12H2,1-3H3. The highest BCUT2D eigenvalue weighted by Crippen LogP contribution is 2.27. The molecule has 1 N–H and O–H groups in total. The van der Waals surface area contributed by atoms with Gasteiger partial charge in [-0.1, -0.05) is 35.0 Å². The minimum atomic E-state index is 0.430. The Kier molecular flexibility index (Phi) is 5.04. The summed E-state index contributed by atoms with van der Waals surface area (Å²) < 4.78 is 1.15. The van der Waals surface area contributed by atoms with E-state index in [0.717, 1.165) is 17.6 Å². The van der Waals surface area contributed by atoms with Crippen LogP contribution in [0, 0.1) is 5.41 Å². The van der Waals surface area contributed by atoms with Gasteiger partial charge in [0.15, 0.2) is 0 Å². The monoisotopic (exact) mass is 324 g/mol. The zero-order valence-electron chi connectivity index (χ0n) is 12.2.